The van der Waals surface area contributed by atoms with Gasteiger partial charge in [0.2, 0.25) is 0 Å². The molecule has 0 aliphatic carbocycles. The van der Waals surface area contributed by atoms with Gasteiger partial charge in [-0.3, -0.25) is 9.36 Å². The molecule has 5 heteroatoms. The molecule has 0 bridgehead atoms. The number of benzene rings is 1. The Morgan fingerprint density at radius 1 is 1.29 bits per heavy atom. The zero-order valence-electron chi connectivity index (χ0n) is 8.92. The molecule has 0 aliphatic rings. The molecule has 0 aliphatic heterocycles. The first-order valence-electron chi connectivity index (χ1n) is 4.94. The SMILES string of the molecule is N=Cc1cc(-n2ccc(O)cc2=O)ccc1N. The van der Waals surface area contributed by atoms with Crippen molar-refractivity contribution < 1.29 is 5.11 Å². The summed E-state index contributed by atoms with van der Waals surface area (Å²) in [6.07, 6.45) is 2.60. The van der Waals surface area contributed by atoms with Gasteiger partial charge in [0, 0.05) is 35.4 Å². The van der Waals surface area contributed by atoms with Crippen molar-refractivity contribution in [2.24, 2.45) is 0 Å². The number of anilines is 1. The van der Waals surface area contributed by atoms with Crippen LogP contribution in [0.5, 0.6) is 5.75 Å². The van der Waals surface area contributed by atoms with Crippen molar-refractivity contribution in [3.8, 4) is 11.4 Å². The highest BCUT2D eigenvalue weighted by Gasteiger charge is 2.03. The molecule has 0 unspecified atom stereocenters. The number of nitrogens with zero attached hydrogens (tertiary/aromatic N) is 1. The maximum atomic E-state index is 11.6. The van der Waals surface area contributed by atoms with Crippen molar-refractivity contribution in [3.05, 3.63) is 52.4 Å². The third-order valence-electron chi connectivity index (χ3n) is 2.41. The first-order valence-corrected chi connectivity index (χ1v) is 4.94. The molecule has 1 aromatic carbocycles. The molecule has 17 heavy (non-hydrogen) atoms. The number of hydrogen-bond donors (Lipinski definition) is 3. The average Bonchev–Trinajstić information content (AvgIpc) is 2.30. The molecule has 5 nitrogen and oxygen atoms in total. The second kappa shape index (κ2) is 4.13. The Morgan fingerprint density at radius 3 is 2.71 bits per heavy atom. The Kier molecular flexibility index (Phi) is 2.66. The summed E-state index contributed by atoms with van der Waals surface area (Å²) < 4.78 is 1.37. The van der Waals surface area contributed by atoms with Crippen LogP contribution in [-0.2, 0) is 0 Å². The van der Waals surface area contributed by atoms with Crippen LogP contribution in [-0.4, -0.2) is 15.9 Å². The molecule has 0 fully saturated rings. The van der Waals surface area contributed by atoms with Crippen LogP contribution in [0.1, 0.15) is 5.56 Å². The van der Waals surface area contributed by atoms with Gasteiger partial charge in [-0.1, -0.05) is 0 Å². The highest BCUT2D eigenvalue weighted by atomic mass is 16.3. The lowest BCUT2D eigenvalue weighted by molar-refractivity contribution is 0.473. The fourth-order valence-electron chi connectivity index (χ4n) is 1.52. The quantitative estimate of drug-likeness (QED) is 0.532. The number of nitrogens with two attached hydrogens (primary N) is 1. The van der Waals surface area contributed by atoms with Crippen LogP contribution in [0.15, 0.2) is 41.3 Å². The fourth-order valence-corrected chi connectivity index (χ4v) is 1.52. The van der Waals surface area contributed by atoms with Gasteiger partial charge in [-0.15, -0.1) is 0 Å². The Labute approximate surface area is 97.3 Å². The van der Waals surface area contributed by atoms with Crippen molar-refractivity contribution in [1.29, 1.82) is 5.41 Å². The maximum Gasteiger partial charge on any atom is 0.258 e. The van der Waals surface area contributed by atoms with Crippen LogP contribution in [0, 0.1) is 5.41 Å². The lowest BCUT2D eigenvalue weighted by Gasteiger charge is -2.07. The van der Waals surface area contributed by atoms with E-state index in [1.807, 2.05) is 0 Å². The first-order chi connectivity index (χ1) is 8.11. The van der Waals surface area contributed by atoms with E-state index in [0.717, 1.165) is 12.3 Å². The van der Waals surface area contributed by atoms with Crippen molar-refractivity contribution in [1.82, 2.24) is 4.57 Å². The van der Waals surface area contributed by atoms with Crippen molar-refractivity contribution in [3.63, 3.8) is 0 Å². The van der Waals surface area contributed by atoms with E-state index in [2.05, 4.69) is 0 Å². The number of aromatic nitrogens is 1. The molecule has 2 aromatic rings. The Hall–Kier alpha value is -2.56. The third kappa shape index (κ3) is 2.03. The summed E-state index contributed by atoms with van der Waals surface area (Å²) in [7, 11) is 0. The van der Waals surface area contributed by atoms with Gasteiger partial charge in [-0.25, -0.2) is 0 Å². The highest BCUT2D eigenvalue weighted by Crippen LogP contribution is 2.15. The maximum absolute atomic E-state index is 11.6. The first kappa shape index (κ1) is 10.9. The fraction of sp³-hybridized carbons (Fsp3) is 0. The minimum absolute atomic E-state index is 0.0750. The molecule has 0 amide bonds. The van der Waals surface area contributed by atoms with Gasteiger partial charge < -0.3 is 16.2 Å². The van der Waals surface area contributed by atoms with E-state index >= 15 is 0 Å². The standard InChI is InChI=1S/C12H11N3O2/c13-7-8-5-9(1-2-11(8)14)15-4-3-10(16)6-12(15)17/h1-7,13,16H,14H2. The van der Waals surface area contributed by atoms with E-state index in [1.165, 1.54) is 16.8 Å². The average molecular weight is 229 g/mol. The molecule has 0 saturated heterocycles. The molecule has 1 aromatic heterocycles. The minimum Gasteiger partial charge on any atom is -0.508 e. The zero-order chi connectivity index (χ0) is 12.4. The van der Waals surface area contributed by atoms with Gasteiger partial charge in [0.05, 0.1) is 0 Å². The van der Waals surface area contributed by atoms with Crippen molar-refractivity contribution in [2.45, 2.75) is 0 Å². The summed E-state index contributed by atoms with van der Waals surface area (Å²) in [6, 6.07) is 7.50. The van der Waals surface area contributed by atoms with Gasteiger partial charge >= 0.3 is 0 Å². The van der Waals surface area contributed by atoms with Gasteiger partial charge in [0.1, 0.15) is 5.75 Å². The van der Waals surface area contributed by atoms with Crippen LogP contribution < -0.4 is 11.3 Å². The van der Waals surface area contributed by atoms with Gasteiger partial charge in [0.15, 0.2) is 0 Å². The number of nitrogen functional groups attached to an aromatic ring is 1. The van der Waals surface area contributed by atoms with E-state index in [4.69, 9.17) is 16.2 Å². The Balaban J connectivity index is 2.61. The lowest BCUT2D eigenvalue weighted by Crippen LogP contribution is -2.16. The Bertz CT molecular complexity index is 632. The van der Waals surface area contributed by atoms with Gasteiger partial charge in [-0.2, -0.15) is 0 Å². The summed E-state index contributed by atoms with van der Waals surface area (Å²) in [4.78, 5) is 11.6. The van der Waals surface area contributed by atoms with E-state index in [9.17, 15) is 4.79 Å². The van der Waals surface area contributed by atoms with Crippen molar-refractivity contribution >= 4 is 11.9 Å². The summed E-state index contributed by atoms with van der Waals surface area (Å²) in [5.74, 6) is -0.0750. The number of hydrogen-bond acceptors (Lipinski definition) is 4. The van der Waals surface area contributed by atoms with Crippen LogP contribution in [0.25, 0.3) is 5.69 Å². The van der Waals surface area contributed by atoms with Gasteiger partial charge in [-0.05, 0) is 24.3 Å². The van der Waals surface area contributed by atoms with E-state index in [-0.39, 0.29) is 11.3 Å². The second-order valence-corrected chi connectivity index (χ2v) is 3.55. The van der Waals surface area contributed by atoms with Crippen LogP contribution >= 0.6 is 0 Å². The number of aromatic hydroxyl groups is 1. The summed E-state index contributed by atoms with van der Waals surface area (Å²) in [5.41, 5.74) is 6.95. The molecule has 1 heterocycles. The van der Waals surface area contributed by atoms with E-state index in [0.29, 0.717) is 16.9 Å². The molecule has 0 atom stereocenters. The number of pyridine rings is 1. The van der Waals surface area contributed by atoms with Crippen LogP contribution in [0.3, 0.4) is 0 Å². The zero-order valence-corrected chi connectivity index (χ0v) is 8.92. The normalized spacial score (nSPS) is 10.1. The predicted octanol–water partition coefficient (Wildman–Crippen LogP) is 1.12. The molecule has 0 radical (unpaired) electrons. The molecule has 2 rings (SSSR count). The predicted molar refractivity (Wildman–Crippen MR) is 66.0 cm³/mol. The highest BCUT2D eigenvalue weighted by molar-refractivity contribution is 5.85. The Morgan fingerprint density at radius 2 is 2.06 bits per heavy atom. The lowest BCUT2D eigenvalue weighted by atomic mass is 10.1. The smallest absolute Gasteiger partial charge is 0.258 e. The molecule has 86 valence electrons. The van der Waals surface area contributed by atoms with E-state index < -0.39 is 0 Å². The van der Waals surface area contributed by atoms with E-state index in [1.54, 1.807) is 18.2 Å². The summed E-state index contributed by atoms with van der Waals surface area (Å²) in [5, 5.41) is 16.4. The van der Waals surface area contributed by atoms with Gasteiger partial charge in [0.25, 0.3) is 5.56 Å². The topological polar surface area (TPSA) is 92.1 Å². The monoisotopic (exact) mass is 229 g/mol. The molecule has 0 spiro atoms. The molecular formula is C12H11N3O2. The second-order valence-electron chi connectivity index (χ2n) is 3.55. The summed E-state index contributed by atoms with van der Waals surface area (Å²) >= 11 is 0. The summed E-state index contributed by atoms with van der Waals surface area (Å²) in [6.45, 7) is 0. The molecule has 4 N–H and O–H groups in total. The molecule has 0 saturated carbocycles. The number of nitrogens with one attached hydrogen (secondary N) is 1. The molecular weight excluding hydrogens is 218 g/mol. The minimum atomic E-state index is -0.342. The van der Waals surface area contributed by atoms with Crippen LogP contribution in [0.2, 0.25) is 0 Å². The van der Waals surface area contributed by atoms with Crippen molar-refractivity contribution in [2.75, 3.05) is 5.73 Å². The number of rotatable bonds is 2. The largest absolute Gasteiger partial charge is 0.508 e. The third-order valence-corrected chi connectivity index (χ3v) is 2.41. The van der Waals surface area contributed by atoms with Crippen LogP contribution in [0.4, 0.5) is 5.69 Å².